The Morgan fingerprint density at radius 2 is 1.92 bits per heavy atom. The van der Waals surface area contributed by atoms with Gasteiger partial charge >= 0.3 is 0 Å². The predicted molar refractivity (Wildman–Crippen MR) is 54.1 cm³/mol. The highest BCUT2D eigenvalue weighted by atomic mass is 32.2. The fourth-order valence-electron chi connectivity index (χ4n) is 0.861. The molecule has 0 bridgehead atoms. The third-order valence-corrected chi connectivity index (χ3v) is 2.08. The quantitative estimate of drug-likeness (QED) is 0.364. The van der Waals surface area contributed by atoms with Gasteiger partial charge in [-0.1, -0.05) is 31.9 Å². The average Bonchev–Trinajstić information content (AvgIpc) is 2.01. The molecule has 0 heterocycles. The lowest BCUT2D eigenvalue weighted by Gasteiger charge is -1.95. The first-order chi connectivity index (χ1) is 6.06. The maximum atomic E-state index is 10.5. The summed E-state index contributed by atoms with van der Waals surface area (Å²) in [7, 11) is -3.27. The Balaban J connectivity index is 3.32. The molecule has 13 heavy (non-hydrogen) atoms. The van der Waals surface area contributed by atoms with Crippen LogP contribution in [0.2, 0.25) is 0 Å². The van der Waals surface area contributed by atoms with E-state index in [0.717, 1.165) is 19.1 Å². The summed E-state index contributed by atoms with van der Waals surface area (Å²) in [4.78, 5) is 0. The highest BCUT2D eigenvalue weighted by Crippen LogP contribution is 1.99. The number of hydrogen-bond donors (Lipinski definition) is 0. The summed E-state index contributed by atoms with van der Waals surface area (Å²) in [5, 5.41) is 0. The van der Waals surface area contributed by atoms with E-state index in [9.17, 15) is 8.42 Å². The van der Waals surface area contributed by atoms with E-state index in [4.69, 9.17) is 0 Å². The summed E-state index contributed by atoms with van der Waals surface area (Å²) in [5.41, 5.74) is 0. The fraction of sp³-hybridized carbons (Fsp3) is 0.778. The molecule has 0 spiro atoms. The van der Waals surface area contributed by atoms with Gasteiger partial charge in [0.15, 0.2) is 0 Å². The topological polar surface area (TPSA) is 43.4 Å². The first-order valence-corrected chi connectivity index (χ1v) is 6.37. The Labute approximate surface area is 80.9 Å². The minimum absolute atomic E-state index is 0.158. The van der Waals surface area contributed by atoms with Crippen molar-refractivity contribution in [3.05, 3.63) is 12.2 Å². The van der Waals surface area contributed by atoms with Crippen LogP contribution in [0.25, 0.3) is 0 Å². The Bertz CT molecular complexity index is 229. The largest absolute Gasteiger partial charge is 0.266 e. The van der Waals surface area contributed by atoms with Crippen molar-refractivity contribution in [2.45, 2.75) is 32.6 Å². The molecule has 0 aliphatic heterocycles. The molecular weight excluding hydrogens is 188 g/mol. The van der Waals surface area contributed by atoms with Crippen molar-refractivity contribution < 1.29 is 12.6 Å². The lowest BCUT2D eigenvalue weighted by Crippen LogP contribution is -2.01. The van der Waals surface area contributed by atoms with Crippen molar-refractivity contribution in [3.63, 3.8) is 0 Å². The van der Waals surface area contributed by atoms with Gasteiger partial charge in [0.25, 0.3) is 10.1 Å². The Kier molecular flexibility index (Phi) is 6.90. The summed E-state index contributed by atoms with van der Waals surface area (Å²) in [6.45, 7) is 2.31. The molecule has 0 radical (unpaired) electrons. The summed E-state index contributed by atoms with van der Waals surface area (Å²) < 4.78 is 25.5. The van der Waals surface area contributed by atoms with Gasteiger partial charge in [-0.15, -0.1) is 0 Å². The van der Waals surface area contributed by atoms with Gasteiger partial charge in [-0.3, -0.25) is 4.18 Å². The van der Waals surface area contributed by atoms with Gasteiger partial charge in [0, 0.05) is 0 Å². The normalized spacial score (nSPS) is 12.5. The number of hydrogen-bond acceptors (Lipinski definition) is 3. The van der Waals surface area contributed by atoms with Crippen LogP contribution in [0.3, 0.4) is 0 Å². The molecule has 78 valence electrons. The van der Waals surface area contributed by atoms with E-state index in [1.807, 2.05) is 6.08 Å². The Morgan fingerprint density at radius 1 is 1.23 bits per heavy atom. The standard InChI is InChI=1S/C9H18O3S/c1-3-4-5-6-7-8-9-12-13(2,10)11/h7-8H,3-6,9H2,1-2H3/b8-7+. The monoisotopic (exact) mass is 206 g/mol. The van der Waals surface area contributed by atoms with Gasteiger partial charge in [-0.2, -0.15) is 8.42 Å². The zero-order valence-electron chi connectivity index (χ0n) is 8.32. The molecule has 0 saturated heterocycles. The molecule has 0 aliphatic rings. The van der Waals surface area contributed by atoms with Gasteiger partial charge in [-0.25, -0.2) is 0 Å². The molecule has 0 atom stereocenters. The van der Waals surface area contributed by atoms with Crippen LogP contribution in [0.5, 0.6) is 0 Å². The van der Waals surface area contributed by atoms with Crippen LogP contribution in [0.4, 0.5) is 0 Å². The first-order valence-electron chi connectivity index (χ1n) is 4.55. The van der Waals surface area contributed by atoms with Gasteiger partial charge < -0.3 is 0 Å². The van der Waals surface area contributed by atoms with Crippen LogP contribution in [0.15, 0.2) is 12.2 Å². The maximum Gasteiger partial charge on any atom is 0.264 e. The maximum absolute atomic E-state index is 10.5. The number of unbranched alkanes of at least 4 members (excludes halogenated alkanes) is 3. The van der Waals surface area contributed by atoms with E-state index >= 15 is 0 Å². The second-order valence-electron chi connectivity index (χ2n) is 2.96. The van der Waals surface area contributed by atoms with E-state index in [1.165, 1.54) is 12.8 Å². The molecule has 0 aromatic carbocycles. The lowest BCUT2D eigenvalue weighted by atomic mass is 10.2. The lowest BCUT2D eigenvalue weighted by molar-refractivity contribution is 0.361. The summed E-state index contributed by atoms with van der Waals surface area (Å²) in [6.07, 6.45) is 9.34. The predicted octanol–water partition coefficient (Wildman–Crippen LogP) is 2.10. The van der Waals surface area contributed by atoms with Crippen molar-refractivity contribution in [3.8, 4) is 0 Å². The number of rotatable bonds is 7. The van der Waals surface area contributed by atoms with Gasteiger partial charge in [0.05, 0.1) is 12.9 Å². The van der Waals surface area contributed by atoms with Gasteiger partial charge in [0.2, 0.25) is 0 Å². The van der Waals surface area contributed by atoms with Crippen LogP contribution in [0.1, 0.15) is 32.6 Å². The SMILES string of the molecule is CCCCC/C=C/COS(C)(=O)=O. The molecule has 0 aromatic rings. The number of allylic oxidation sites excluding steroid dienone is 1. The zero-order valence-corrected chi connectivity index (χ0v) is 9.14. The third-order valence-electron chi connectivity index (χ3n) is 1.52. The minimum Gasteiger partial charge on any atom is -0.266 e. The van der Waals surface area contributed by atoms with Crippen LogP contribution in [-0.2, 0) is 14.3 Å². The second-order valence-corrected chi connectivity index (χ2v) is 4.60. The molecule has 0 aliphatic carbocycles. The van der Waals surface area contributed by atoms with E-state index < -0.39 is 10.1 Å². The average molecular weight is 206 g/mol. The zero-order chi connectivity index (χ0) is 10.2. The highest BCUT2D eigenvalue weighted by molar-refractivity contribution is 7.85. The molecule has 3 nitrogen and oxygen atoms in total. The molecule has 0 fully saturated rings. The molecule has 0 N–H and O–H groups in total. The fourth-order valence-corrected chi connectivity index (χ4v) is 1.19. The molecule has 0 rings (SSSR count). The van der Waals surface area contributed by atoms with Crippen molar-refractivity contribution in [2.24, 2.45) is 0 Å². The summed E-state index contributed by atoms with van der Waals surface area (Å²) >= 11 is 0. The van der Waals surface area contributed by atoms with Crippen LogP contribution in [0, 0.1) is 0 Å². The molecule has 4 heteroatoms. The van der Waals surface area contributed by atoms with Crippen molar-refractivity contribution >= 4 is 10.1 Å². The van der Waals surface area contributed by atoms with Crippen LogP contribution < -0.4 is 0 Å². The van der Waals surface area contributed by atoms with E-state index in [0.29, 0.717) is 0 Å². The highest BCUT2D eigenvalue weighted by Gasteiger charge is 1.96. The molecule has 0 unspecified atom stereocenters. The van der Waals surface area contributed by atoms with E-state index in [2.05, 4.69) is 11.1 Å². The van der Waals surface area contributed by atoms with Crippen molar-refractivity contribution in [1.82, 2.24) is 0 Å². The third kappa shape index (κ3) is 11.7. The molecule has 0 amide bonds. The Morgan fingerprint density at radius 3 is 2.46 bits per heavy atom. The Hall–Kier alpha value is -0.350. The molecule has 0 saturated carbocycles. The van der Waals surface area contributed by atoms with Crippen molar-refractivity contribution in [2.75, 3.05) is 12.9 Å². The van der Waals surface area contributed by atoms with Crippen molar-refractivity contribution in [1.29, 1.82) is 0 Å². The minimum atomic E-state index is -3.27. The van der Waals surface area contributed by atoms with Gasteiger partial charge in [0.1, 0.15) is 0 Å². The summed E-state index contributed by atoms with van der Waals surface area (Å²) in [6, 6.07) is 0. The molecule has 0 aromatic heterocycles. The summed E-state index contributed by atoms with van der Waals surface area (Å²) in [5.74, 6) is 0. The van der Waals surface area contributed by atoms with E-state index in [1.54, 1.807) is 6.08 Å². The van der Waals surface area contributed by atoms with Crippen LogP contribution >= 0.6 is 0 Å². The smallest absolute Gasteiger partial charge is 0.264 e. The first kappa shape index (κ1) is 12.7. The van der Waals surface area contributed by atoms with Gasteiger partial charge in [-0.05, 0) is 12.8 Å². The second kappa shape index (κ2) is 7.09. The molecular formula is C9H18O3S. The van der Waals surface area contributed by atoms with Crippen LogP contribution in [-0.4, -0.2) is 21.3 Å². The van der Waals surface area contributed by atoms with E-state index in [-0.39, 0.29) is 6.61 Å².